The van der Waals surface area contributed by atoms with Crippen molar-refractivity contribution in [3.05, 3.63) is 85.1 Å². The number of urea groups is 1. The van der Waals surface area contributed by atoms with Gasteiger partial charge in [-0.05, 0) is 39.5 Å². The number of aliphatic hydroxyl groups is 11. The van der Waals surface area contributed by atoms with E-state index in [1.54, 1.807) is 75.5 Å². The molecule has 4 heterocycles. The van der Waals surface area contributed by atoms with Gasteiger partial charge in [0.15, 0.2) is 12.1 Å². The van der Waals surface area contributed by atoms with Gasteiger partial charge in [0.25, 0.3) is 0 Å². The van der Waals surface area contributed by atoms with Crippen molar-refractivity contribution in [3.63, 3.8) is 0 Å². The molecular weight excluding hydrogens is 927 g/mol. The molecule has 4 aliphatic rings. The van der Waals surface area contributed by atoms with E-state index in [0.29, 0.717) is 6.42 Å². The van der Waals surface area contributed by atoms with Crippen LogP contribution in [0.1, 0.15) is 85.5 Å². The van der Waals surface area contributed by atoms with E-state index in [0.717, 1.165) is 0 Å². The molecule has 3 fully saturated rings. The number of fused-ring (bicyclic) bond motifs is 2. The highest BCUT2D eigenvalue weighted by molar-refractivity contribution is 5.75. The number of ether oxygens (including phenoxy) is 4. The third-order valence-electron chi connectivity index (χ3n) is 13.5. The van der Waals surface area contributed by atoms with Gasteiger partial charge in [-0.15, -0.1) is 0 Å². The first kappa shape index (κ1) is 59.9. The molecule has 4 rings (SSSR count). The number of likely N-dealkylation sites (tertiary alicyclic amines) is 1. The van der Waals surface area contributed by atoms with Crippen LogP contribution in [-0.2, 0) is 23.7 Å². The average molecular weight is 1010 g/mol. The molecule has 0 spiro atoms. The summed E-state index contributed by atoms with van der Waals surface area (Å²) in [6.45, 7) is 7.08. The highest BCUT2D eigenvalue weighted by Gasteiger charge is 2.49. The summed E-state index contributed by atoms with van der Waals surface area (Å²) in [5.41, 5.74) is 6.11. The van der Waals surface area contributed by atoms with Crippen LogP contribution in [0, 0.1) is 11.8 Å². The second-order valence-corrected chi connectivity index (χ2v) is 19.6. The Morgan fingerprint density at radius 1 is 0.676 bits per heavy atom. The fourth-order valence-corrected chi connectivity index (χ4v) is 9.00. The summed E-state index contributed by atoms with van der Waals surface area (Å²) < 4.78 is 23.8. The number of carbonyl (C=O) groups is 2. The monoisotopic (exact) mass is 1010 g/mol. The van der Waals surface area contributed by atoms with Crippen molar-refractivity contribution in [2.75, 3.05) is 13.1 Å². The maximum atomic E-state index is 13.5. The number of hydrogen-bond donors (Lipinski definition) is 13. The van der Waals surface area contributed by atoms with Crippen LogP contribution >= 0.6 is 0 Å². The molecule has 0 saturated carbocycles. The average Bonchev–Trinajstić information content (AvgIpc) is 3.75. The summed E-state index contributed by atoms with van der Waals surface area (Å²) >= 11 is 0. The second kappa shape index (κ2) is 29.3. The predicted molar refractivity (Wildman–Crippen MR) is 260 cm³/mol. The van der Waals surface area contributed by atoms with E-state index in [2.05, 4.69) is 5.32 Å². The minimum Gasteiger partial charge on any atom is -0.462 e. The van der Waals surface area contributed by atoms with Crippen LogP contribution in [0.4, 0.5) is 4.79 Å². The number of rotatable bonds is 3. The maximum Gasteiger partial charge on any atom is 0.317 e. The van der Waals surface area contributed by atoms with Crippen molar-refractivity contribution in [2.45, 2.75) is 195 Å². The van der Waals surface area contributed by atoms with Crippen LogP contribution in [0.15, 0.2) is 85.1 Å². The normalized spacial score (nSPS) is 44.8. The molecule has 71 heavy (non-hydrogen) atoms. The van der Waals surface area contributed by atoms with E-state index in [4.69, 9.17) is 24.7 Å². The topological polar surface area (TPSA) is 335 Å². The predicted octanol–water partition coefficient (Wildman–Crippen LogP) is 0.156. The highest BCUT2D eigenvalue weighted by atomic mass is 16.7. The van der Waals surface area contributed by atoms with Crippen molar-refractivity contribution < 1.29 is 84.7 Å². The second-order valence-electron chi connectivity index (χ2n) is 19.6. The number of amides is 2. The molecule has 4 aliphatic heterocycles. The molecule has 20 atom stereocenters. The van der Waals surface area contributed by atoms with Crippen molar-refractivity contribution in [1.29, 1.82) is 0 Å². The zero-order valence-corrected chi connectivity index (χ0v) is 41.2. The Morgan fingerprint density at radius 3 is 1.89 bits per heavy atom. The Hall–Kier alpha value is -3.68. The summed E-state index contributed by atoms with van der Waals surface area (Å²) in [5.74, 6) is -3.74. The lowest BCUT2D eigenvalue weighted by atomic mass is 9.87. The van der Waals surface area contributed by atoms with Crippen molar-refractivity contribution in [2.24, 2.45) is 17.6 Å². The molecule has 0 radical (unpaired) electrons. The first-order chi connectivity index (χ1) is 33.6. The van der Waals surface area contributed by atoms with Gasteiger partial charge in [0, 0.05) is 50.6 Å². The van der Waals surface area contributed by atoms with E-state index in [9.17, 15) is 65.8 Å². The van der Waals surface area contributed by atoms with E-state index in [1.807, 2.05) is 37.3 Å². The maximum absolute atomic E-state index is 13.5. The number of aliphatic hydroxyl groups excluding tert-OH is 10. The number of hydrogen-bond acceptors (Lipinski definition) is 18. The first-order valence-electron chi connectivity index (χ1n) is 24.8. The van der Waals surface area contributed by atoms with Gasteiger partial charge in [0.05, 0.1) is 91.8 Å². The SMILES string of the molecule is C[C@@H]1[C@H](O)[C@@H](C)/C=C/C=C/C=C/C=C/C=C/C=C/C=C/[C@H](O[C@@H]2O[C@H](C)[C@@H](O)[C@H](N)[C@@H]2O)C[C@@H]2O[C@](O)(C[C@@H](O)C[C@@H](O)[C@H](O)CC[C@@H](O)C[C@@H](O)CC(=O)O[C@H]1C)C[C@H](O)[C@H]2NC(=O)N1CC[C@H](O)C1. The molecule has 0 aliphatic carbocycles. The molecule has 14 N–H and O–H groups in total. The lowest BCUT2D eigenvalue weighted by Crippen LogP contribution is -2.64. The molecule has 0 aromatic carbocycles. The third-order valence-corrected chi connectivity index (χ3v) is 13.5. The molecule has 20 heteroatoms. The van der Waals surface area contributed by atoms with Crippen LogP contribution in [0.5, 0.6) is 0 Å². The Labute approximate surface area is 416 Å². The van der Waals surface area contributed by atoms with Gasteiger partial charge >= 0.3 is 12.0 Å². The zero-order chi connectivity index (χ0) is 52.4. The van der Waals surface area contributed by atoms with E-state index >= 15 is 0 Å². The molecule has 2 amide bonds. The number of esters is 1. The lowest BCUT2D eigenvalue weighted by molar-refractivity contribution is -0.303. The molecule has 3 saturated heterocycles. The van der Waals surface area contributed by atoms with E-state index < -0.39 is 153 Å². The summed E-state index contributed by atoms with van der Waals surface area (Å²) in [7, 11) is 0. The summed E-state index contributed by atoms with van der Waals surface area (Å²) in [6.07, 6.45) is 4.31. The van der Waals surface area contributed by atoms with Gasteiger partial charge in [-0.2, -0.15) is 0 Å². The largest absolute Gasteiger partial charge is 0.462 e. The number of nitrogens with two attached hydrogens (primary N) is 1. The summed E-state index contributed by atoms with van der Waals surface area (Å²) in [5, 5.41) is 123. The number of cyclic esters (lactones) is 1. The van der Waals surface area contributed by atoms with Crippen molar-refractivity contribution in [3.8, 4) is 0 Å². The zero-order valence-electron chi connectivity index (χ0n) is 41.2. The van der Waals surface area contributed by atoms with Crippen LogP contribution < -0.4 is 11.1 Å². The molecule has 0 unspecified atom stereocenters. The summed E-state index contributed by atoms with van der Waals surface area (Å²) in [4.78, 5) is 27.5. The molecule has 402 valence electrons. The van der Waals surface area contributed by atoms with Gasteiger partial charge in [-0.1, -0.05) is 98.9 Å². The molecule has 2 bridgehead atoms. The minimum absolute atomic E-state index is 0.0469. The number of nitrogens with zero attached hydrogens (tertiary/aromatic N) is 1. The highest BCUT2D eigenvalue weighted by Crippen LogP contribution is 2.35. The molecule has 0 aromatic rings. The smallest absolute Gasteiger partial charge is 0.317 e. The van der Waals surface area contributed by atoms with Gasteiger partial charge in [0.2, 0.25) is 0 Å². The van der Waals surface area contributed by atoms with Gasteiger partial charge in [-0.25, -0.2) is 4.79 Å². The molecular formula is C51H81N3O17. The Balaban J connectivity index is 1.60. The number of allylic oxidation sites excluding steroid dienone is 12. The first-order valence-corrected chi connectivity index (χ1v) is 24.8. The van der Waals surface area contributed by atoms with Crippen molar-refractivity contribution in [1.82, 2.24) is 10.2 Å². The minimum atomic E-state index is -2.27. The van der Waals surface area contributed by atoms with Crippen LogP contribution in [-0.4, -0.2) is 196 Å². The summed E-state index contributed by atoms with van der Waals surface area (Å²) in [6, 6.07) is -2.94. The number of β-amino-alcohol motifs (C(OH)–C–C–N with tert-alkyl or cyclic N) is 1. The number of nitrogens with one attached hydrogen (secondary N) is 1. The Kier molecular flexibility index (Phi) is 24.7. The van der Waals surface area contributed by atoms with Crippen molar-refractivity contribution >= 4 is 12.0 Å². The fraction of sp³-hybridized carbons (Fsp3) is 0.686. The van der Waals surface area contributed by atoms with Gasteiger partial charge in [-0.3, -0.25) is 4.79 Å². The van der Waals surface area contributed by atoms with Gasteiger partial charge < -0.3 is 91.1 Å². The quantitative estimate of drug-likeness (QED) is 0.167. The third kappa shape index (κ3) is 19.6. The van der Waals surface area contributed by atoms with E-state index in [1.165, 1.54) is 4.90 Å². The van der Waals surface area contributed by atoms with Crippen LogP contribution in [0.25, 0.3) is 0 Å². The van der Waals surface area contributed by atoms with Crippen LogP contribution in [0.3, 0.4) is 0 Å². The van der Waals surface area contributed by atoms with Gasteiger partial charge in [0.1, 0.15) is 12.2 Å². The molecule has 20 nitrogen and oxygen atoms in total. The standard InChI is InChI=1S/C51H81N3O17/c1-30-17-15-13-11-9-7-5-6-8-10-12-14-16-18-38(70-49-48(65)44(52)47(64)33(4)69-49)26-42-45(53-50(66)54-22-21-35(56)29-54)41(61)28-51(67,71-42)27-37(58)24-40(60)39(59)20-19-34(55)23-36(57)25-43(62)68-32(3)31(2)46(30)63/h5-18,30-42,44-49,55-61,63-65,67H,19-29,52H2,1-4H3,(H,53,66)/b6-5+,9-7+,10-8+,13-11+,14-12+,17-15+,18-16+/t30-,31-,32-,33+,34+,35-,36+,37-,38-,39+,40+,41-,42-,44-,45+,46+,47+,48-,49-,51+/m0/s1. The fourth-order valence-electron chi connectivity index (χ4n) is 9.00. The molecule has 0 aromatic heterocycles. The Bertz CT molecular complexity index is 1850. The number of carbonyl (C=O) groups excluding carboxylic acids is 2. The van der Waals surface area contributed by atoms with Crippen LogP contribution in [0.2, 0.25) is 0 Å². The Morgan fingerprint density at radius 2 is 1.28 bits per heavy atom. The lowest BCUT2D eigenvalue weighted by Gasteiger charge is -2.47. The van der Waals surface area contributed by atoms with E-state index in [-0.39, 0.29) is 44.7 Å².